The average Bonchev–Trinajstić information content (AvgIpc) is 2.78. The molecule has 1 unspecified atom stereocenters. The standard InChI is InChI=1S/C15H29ClN4/c1-6-12(4)19(5)10-9-17-11-14-15(16)13(7-2)18-20(14)8-3/h12,17H,6-11H2,1-5H3. The van der Waals surface area contributed by atoms with Crippen molar-refractivity contribution in [3.8, 4) is 0 Å². The predicted molar refractivity (Wildman–Crippen MR) is 86.4 cm³/mol. The Hall–Kier alpha value is -0.580. The normalized spacial score (nSPS) is 13.2. The number of likely N-dealkylation sites (N-methyl/N-ethyl adjacent to an activating group) is 1. The van der Waals surface area contributed by atoms with E-state index in [1.54, 1.807) is 0 Å². The van der Waals surface area contributed by atoms with Crippen LogP contribution in [-0.2, 0) is 19.5 Å². The third-order valence-electron chi connectivity index (χ3n) is 3.97. The van der Waals surface area contributed by atoms with E-state index < -0.39 is 0 Å². The Balaban J connectivity index is 2.48. The molecule has 0 saturated heterocycles. The lowest BCUT2D eigenvalue weighted by Gasteiger charge is -2.23. The molecule has 5 heteroatoms. The lowest BCUT2D eigenvalue weighted by Crippen LogP contribution is -2.35. The number of hydrogen-bond donors (Lipinski definition) is 1. The summed E-state index contributed by atoms with van der Waals surface area (Å²) in [6.07, 6.45) is 2.07. The SMILES string of the molecule is CCc1nn(CC)c(CNCCN(C)C(C)CC)c1Cl. The Labute approximate surface area is 128 Å². The lowest BCUT2D eigenvalue weighted by atomic mass is 10.2. The van der Waals surface area contributed by atoms with Gasteiger partial charge in [0.25, 0.3) is 0 Å². The van der Waals surface area contributed by atoms with Crippen LogP contribution >= 0.6 is 11.6 Å². The summed E-state index contributed by atoms with van der Waals surface area (Å²) in [4.78, 5) is 2.38. The summed E-state index contributed by atoms with van der Waals surface area (Å²) < 4.78 is 2.01. The third kappa shape index (κ3) is 4.47. The van der Waals surface area contributed by atoms with Gasteiger partial charge < -0.3 is 10.2 Å². The van der Waals surface area contributed by atoms with Crippen molar-refractivity contribution in [2.75, 3.05) is 20.1 Å². The van der Waals surface area contributed by atoms with E-state index in [1.807, 2.05) is 4.68 Å². The van der Waals surface area contributed by atoms with Crippen LogP contribution in [0.1, 0.15) is 45.5 Å². The van der Waals surface area contributed by atoms with Crippen molar-refractivity contribution in [3.05, 3.63) is 16.4 Å². The minimum atomic E-state index is 0.633. The monoisotopic (exact) mass is 300 g/mol. The zero-order valence-corrected chi connectivity index (χ0v) is 14.3. The second-order valence-electron chi connectivity index (χ2n) is 5.29. The van der Waals surface area contributed by atoms with Crippen molar-refractivity contribution in [2.45, 2.75) is 59.7 Å². The molecule has 0 aliphatic heterocycles. The van der Waals surface area contributed by atoms with Crippen molar-refractivity contribution < 1.29 is 0 Å². The number of rotatable bonds is 9. The molecule has 1 N–H and O–H groups in total. The molecule has 1 atom stereocenters. The Bertz CT molecular complexity index is 403. The van der Waals surface area contributed by atoms with E-state index in [2.05, 4.69) is 50.1 Å². The summed E-state index contributed by atoms with van der Waals surface area (Å²) in [5.74, 6) is 0. The van der Waals surface area contributed by atoms with Gasteiger partial charge >= 0.3 is 0 Å². The maximum atomic E-state index is 6.39. The molecule has 0 aromatic carbocycles. The van der Waals surface area contributed by atoms with E-state index in [0.29, 0.717) is 6.04 Å². The topological polar surface area (TPSA) is 33.1 Å². The Kier molecular flexibility index (Phi) is 7.56. The number of aromatic nitrogens is 2. The second kappa shape index (κ2) is 8.65. The molecule has 0 spiro atoms. The van der Waals surface area contributed by atoms with Crippen molar-refractivity contribution in [2.24, 2.45) is 0 Å². The fourth-order valence-corrected chi connectivity index (χ4v) is 2.52. The van der Waals surface area contributed by atoms with Crippen LogP contribution in [0, 0.1) is 0 Å². The van der Waals surface area contributed by atoms with Crippen LogP contribution in [0.2, 0.25) is 5.02 Å². The average molecular weight is 301 g/mol. The number of aryl methyl sites for hydroxylation is 2. The molecule has 0 saturated carbocycles. The molecule has 1 heterocycles. The fraction of sp³-hybridized carbons (Fsp3) is 0.800. The molecule has 0 fully saturated rings. The smallest absolute Gasteiger partial charge is 0.0863 e. The van der Waals surface area contributed by atoms with Gasteiger partial charge in [-0.1, -0.05) is 25.4 Å². The minimum absolute atomic E-state index is 0.633. The number of nitrogens with one attached hydrogen (secondary N) is 1. The van der Waals surface area contributed by atoms with Crippen LogP contribution in [0.3, 0.4) is 0 Å². The van der Waals surface area contributed by atoms with Gasteiger partial charge in [-0.3, -0.25) is 4.68 Å². The summed E-state index contributed by atoms with van der Waals surface area (Å²) in [5, 5.41) is 8.84. The molecule has 20 heavy (non-hydrogen) atoms. The maximum absolute atomic E-state index is 6.39. The van der Waals surface area contributed by atoms with Crippen LogP contribution in [0.15, 0.2) is 0 Å². The highest BCUT2D eigenvalue weighted by Gasteiger charge is 2.13. The second-order valence-corrected chi connectivity index (χ2v) is 5.67. The maximum Gasteiger partial charge on any atom is 0.0863 e. The van der Waals surface area contributed by atoms with Gasteiger partial charge in [0.15, 0.2) is 0 Å². The highest BCUT2D eigenvalue weighted by molar-refractivity contribution is 6.31. The molecule has 1 rings (SSSR count). The summed E-state index contributed by atoms with van der Waals surface area (Å²) >= 11 is 6.39. The molecule has 1 aromatic heterocycles. The zero-order chi connectivity index (χ0) is 15.1. The van der Waals surface area contributed by atoms with Crippen LogP contribution in [0.5, 0.6) is 0 Å². The molecule has 116 valence electrons. The largest absolute Gasteiger partial charge is 0.310 e. The van der Waals surface area contributed by atoms with Gasteiger partial charge in [0, 0.05) is 32.2 Å². The van der Waals surface area contributed by atoms with Gasteiger partial charge in [-0.05, 0) is 33.7 Å². The molecule has 0 amide bonds. The van der Waals surface area contributed by atoms with Crippen molar-refractivity contribution >= 4 is 11.6 Å². The Morgan fingerprint density at radius 3 is 2.60 bits per heavy atom. The Morgan fingerprint density at radius 2 is 2.05 bits per heavy atom. The summed E-state index contributed by atoms with van der Waals surface area (Å²) in [7, 11) is 2.17. The molecule has 0 radical (unpaired) electrons. The zero-order valence-electron chi connectivity index (χ0n) is 13.5. The highest BCUT2D eigenvalue weighted by atomic mass is 35.5. The van der Waals surface area contributed by atoms with Crippen molar-refractivity contribution in [1.82, 2.24) is 20.0 Å². The molecule has 0 aliphatic carbocycles. The van der Waals surface area contributed by atoms with E-state index in [1.165, 1.54) is 6.42 Å². The quantitative estimate of drug-likeness (QED) is 0.712. The van der Waals surface area contributed by atoms with Gasteiger partial charge in [-0.25, -0.2) is 0 Å². The summed E-state index contributed by atoms with van der Waals surface area (Å²) in [5.41, 5.74) is 2.11. The van der Waals surface area contributed by atoms with Crippen LogP contribution < -0.4 is 5.32 Å². The molecule has 0 bridgehead atoms. The summed E-state index contributed by atoms with van der Waals surface area (Å²) in [6, 6.07) is 0.633. The third-order valence-corrected chi connectivity index (χ3v) is 4.41. The van der Waals surface area contributed by atoms with Gasteiger partial charge in [0.2, 0.25) is 0 Å². The fourth-order valence-electron chi connectivity index (χ4n) is 2.18. The number of halogens is 1. The first kappa shape index (κ1) is 17.5. The van der Waals surface area contributed by atoms with Crippen molar-refractivity contribution in [3.63, 3.8) is 0 Å². The molecule has 0 aliphatic rings. The first-order chi connectivity index (χ1) is 9.54. The number of hydrogen-bond acceptors (Lipinski definition) is 3. The van der Waals surface area contributed by atoms with E-state index in [9.17, 15) is 0 Å². The Morgan fingerprint density at radius 1 is 1.35 bits per heavy atom. The molecular formula is C15H29ClN4. The lowest BCUT2D eigenvalue weighted by molar-refractivity contribution is 0.251. The van der Waals surface area contributed by atoms with Crippen LogP contribution in [0.4, 0.5) is 0 Å². The van der Waals surface area contributed by atoms with E-state index in [-0.39, 0.29) is 0 Å². The molecule has 1 aromatic rings. The number of nitrogens with zero attached hydrogens (tertiary/aromatic N) is 3. The molecule has 4 nitrogen and oxygen atoms in total. The first-order valence-electron chi connectivity index (χ1n) is 7.70. The van der Waals surface area contributed by atoms with Crippen LogP contribution in [-0.4, -0.2) is 40.9 Å². The molecular weight excluding hydrogens is 272 g/mol. The van der Waals surface area contributed by atoms with Gasteiger partial charge in [-0.2, -0.15) is 5.10 Å². The summed E-state index contributed by atoms with van der Waals surface area (Å²) in [6.45, 7) is 12.3. The highest BCUT2D eigenvalue weighted by Crippen LogP contribution is 2.21. The van der Waals surface area contributed by atoms with Gasteiger partial charge in [0.05, 0.1) is 16.4 Å². The van der Waals surface area contributed by atoms with Crippen molar-refractivity contribution in [1.29, 1.82) is 0 Å². The first-order valence-corrected chi connectivity index (χ1v) is 8.07. The predicted octanol–water partition coefficient (Wildman–Crippen LogP) is 2.94. The van der Waals surface area contributed by atoms with E-state index >= 15 is 0 Å². The van der Waals surface area contributed by atoms with E-state index in [0.717, 1.165) is 49.0 Å². The van der Waals surface area contributed by atoms with Gasteiger partial charge in [-0.15, -0.1) is 0 Å². The van der Waals surface area contributed by atoms with E-state index in [4.69, 9.17) is 11.6 Å². The van der Waals surface area contributed by atoms with Gasteiger partial charge in [0.1, 0.15) is 0 Å². The minimum Gasteiger partial charge on any atom is -0.310 e. The van der Waals surface area contributed by atoms with Crippen LogP contribution in [0.25, 0.3) is 0 Å².